The van der Waals surface area contributed by atoms with Crippen LogP contribution in [0.1, 0.15) is 119 Å². The average Bonchev–Trinajstić information content (AvgIpc) is 2.99. The molecular formula is C34H55NO4. The number of carboxylic acids is 1. The summed E-state index contributed by atoms with van der Waals surface area (Å²) in [5, 5.41) is 12.9. The Morgan fingerprint density at radius 1 is 0.974 bits per heavy atom. The van der Waals surface area contributed by atoms with Crippen molar-refractivity contribution in [2.24, 2.45) is 51.2 Å². The van der Waals surface area contributed by atoms with E-state index in [9.17, 15) is 9.59 Å². The van der Waals surface area contributed by atoms with Gasteiger partial charge in [-0.15, -0.1) is 0 Å². The number of carboxylic acid groups (broad SMARTS) is 1. The molecule has 5 nitrogen and oxygen atoms in total. The largest absolute Gasteiger partial charge is 0.481 e. The second kappa shape index (κ2) is 9.88. The standard InChI is InChI=1S/C34H55NO4/c1-22-13-17-34(21-39-28(38)12-11-27(36)37)19-18-32(6)24(29(34)23(22)2)9-10-26-31(5)15-8-20-35-30(3,4)25(31)14-16-33(26,32)7/h9,22-23,25-26,29,35H,8,10-21H2,1-7H3,(H,36,37)/t22-,23+,25+,26-,29+,31+,32-,33-,34-/m1/s1. The summed E-state index contributed by atoms with van der Waals surface area (Å²) in [7, 11) is 0. The lowest BCUT2D eigenvalue weighted by Gasteiger charge is -2.70. The highest BCUT2D eigenvalue weighted by Gasteiger charge is 2.67. The number of ether oxygens (including phenoxy) is 1. The van der Waals surface area contributed by atoms with E-state index in [0.29, 0.717) is 41.6 Å². The molecule has 0 radical (unpaired) electrons. The van der Waals surface area contributed by atoms with Crippen LogP contribution in [-0.2, 0) is 14.3 Å². The second-order valence-corrected chi connectivity index (χ2v) is 15.8. The summed E-state index contributed by atoms with van der Waals surface area (Å²) in [5.41, 5.74) is 2.62. The molecule has 39 heavy (non-hydrogen) atoms. The number of aliphatic carboxylic acids is 1. The number of nitrogens with one attached hydrogen (secondary N) is 1. The molecule has 5 heteroatoms. The molecule has 5 aliphatic rings. The Kier molecular flexibility index (Phi) is 7.38. The Bertz CT molecular complexity index is 1020. The number of hydrogen-bond acceptors (Lipinski definition) is 4. The highest BCUT2D eigenvalue weighted by atomic mass is 16.5. The fourth-order valence-corrected chi connectivity index (χ4v) is 11.3. The first kappa shape index (κ1) is 29.1. The van der Waals surface area contributed by atoms with Gasteiger partial charge in [-0.3, -0.25) is 9.59 Å². The van der Waals surface area contributed by atoms with Gasteiger partial charge in [0, 0.05) is 11.0 Å². The van der Waals surface area contributed by atoms with Crippen LogP contribution in [0.15, 0.2) is 11.6 Å². The van der Waals surface area contributed by atoms with E-state index < -0.39 is 5.97 Å². The van der Waals surface area contributed by atoms with Gasteiger partial charge in [-0.05, 0) is 124 Å². The number of esters is 1. The minimum absolute atomic E-state index is 0.0192. The zero-order valence-electron chi connectivity index (χ0n) is 25.8. The van der Waals surface area contributed by atoms with Crippen molar-refractivity contribution in [1.82, 2.24) is 5.32 Å². The van der Waals surface area contributed by atoms with E-state index in [-0.39, 0.29) is 40.6 Å². The lowest BCUT2D eigenvalue weighted by atomic mass is 9.35. The number of carbonyl (C=O) groups excluding carboxylic acids is 1. The highest BCUT2D eigenvalue weighted by molar-refractivity contribution is 5.76. The number of allylic oxidation sites excluding steroid dienone is 2. The molecule has 2 N–H and O–H groups in total. The Morgan fingerprint density at radius 3 is 2.44 bits per heavy atom. The Labute approximate surface area is 237 Å². The van der Waals surface area contributed by atoms with Gasteiger partial charge in [0.1, 0.15) is 0 Å². The Hall–Kier alpha value is -1.36. The molecule has 0 aromatic rings. The van der Waals surface area contributed by atoms with E-state index >= 15 is 0 Å². The normalized spacial score (nSPS) is 46.8. The fraction of sp³-hybridized carbons (Fsp3) is 0.882. The topological polar surface area (TPSA) is 75.6 Å². The van der Waals surface area contributed by atoms with Crippen molar-refractivity contribution in [3.8, 4) is 0 Å². The zero-order valence-corrected chi connectivity index (χ0v) is 25.8. The van der Waals surface area contributed by atoms with Gasteiger partial charge >= 0.3 is 11.9 Å². The molecule has 4 aliphatic carbocycles. The third-order valence-corrected chi connectivity index (χ3v) is 13.8. The molecule has 0 amide bonds. The van der Waals surface area contributed by atoms with Crippen LogP contribution in [0.3, 0.4) is 0 Å². The van der Waals surface area contributed by atoms with E-state index in [2.05, 4.69) is 59.9 Å². The van der Waals surface area contributed by atoms with Crippen LogP contribution in [-0.4, -0.2) is 35.7 Å². The quantitative estimate of drug-likeness (QED) is 0.280. The lowest BCUT2D eigenvalue weighted by Crippen LogP contribution is -2.64. The van der Waals surface area contributed by atoms with Crippen LogP contribution in [0.25, 0.3) is 0 Å². The van der Waals surface area contributed by atoms with Gasteiger partial charge in [0.2, 0.25) is 0 Å². The number of rotatable bonds is 5. The minimum Gasteiger partial charge on any atom is -0.481 e. The van der Waals surface area contributed by atoms with Crippen molar-refractivity contribution in [3.63, 3.8) is 0 Å². The van der Waals surface area contributed by atoms with Gasteiger partial charge in [0.25, 0.3) is 0 Å². The van der Waals surface area contributed by atoms with Gasteiger partial charge in [0.15, 0.2) is 0 Å². The lowest BCUT2D eigenvalue weighted by molar-refractivity contribution is -0.172. The smallest absolute Gasteiger partial charge is 0.306 e. The van der Waals surface area contributed by atoms with Gasteiger partial charge in [0.05, 0.1) is 19.4 Å². The maximum Gasteiger partial charge on any atom is 0.306 e. The third kappa shape index (κ3) is 4.43. The molecular weight excluding hydrogens is 486 g/mol. The average molecular weight is 542 g/mol. The van der Waals surface area contributed by atoms with E-state index in [1.54, 1.807) is 5.57 Å². The maximum absolute atomic E-state index is 12.5. The minimum atomic E-state index is -0.942. The van der Waals surface area contributed by atoms with Crippen molar-refractivity contribution < 1.29 is 19.4 Å². The summed E-state index contributed by atoms with van der Waals surface area (Å²) in [6.45, 7) is 19.3. The van der Waals surface area contributed by atoms with Gasteiger partial charge in [-0.1, -0.05) is 46.3 Å². The summed E-state index contributed by atoms with van der Waals surface area (Å²) in [6, 6.07) is 0. The molecule has 220 valence electrons. The molecule has 0 spiro atoms. The van der Waals surface area contributed by atoms with Crippen LogP contribution >= 0.6 is 0 Å². The predicted octanol–water partition coefficient (Wildman–Crippen LogP) is 7.39. The van der Waals surface area contributed by atoms with Crippen LogP contribution in [0, 0.1) is 51.2 Å². The summed E-state index contributed by atoms with van der Waals surface area (Å²) >= 11 is 0. The molecule has 9 atom stereocenters. The number of hydrogen-bond donors (Lipinski definition) is 2. The van der Waals surface area contributed by atoms with E-state index in [1.807, 2.05) is 0 Å². The molecule has 5 rings (SSSR count). The first-order valence-corrected chi connectivity index (χ1v) is 16.0. The van der Waals surface area contributed by atoms with Crippen molar-refractivity contribution in [2.75, 3.05) is 13.2 Å². The monoisotopic (exact) mass is 541 g/mol. The van der Waals surface area contributed by atoms with Crippen molar-refractivity contribution in [2.45, 2.75) is 125 Å². The molecule has 0 unspecified atom stereocenters. The van der Waals surface area contributed by atoms with Crippen LogP contribution < -0.4 is 5.32 Å². The third-order valence-electron chi connectivity index (χ3n) is 13.8. The Morgan fingerprint density at radius 2 is 1.72 bits per heavy atom. The van der Waals surface area contributed by atoms with E-state index in [0.717, 1.165) is 19.4 Å². The van der Waals surface area contributed by atoms with E-state index in [1.165, 1.54) is 44.9 Å². The summed E-state index contributed by atoms with van der Waals surface area (Å²) in [4.78, 5) is 23.5. The summed E-state index contributed by atoms with van der Waals surface area (Å²) in [6.07, 6.45) is 13.4. The van der Waals surface area contributed by atoms with Crippen molar-refractivity contribution in [1.29, 1.82) is 0 Å². The van der Waals surface area contributed by atoms with Gasteiger partial charge in [-0.25, -0.2) is 0 Å². The maximum atomic E-state index is 12.5. The highest BCUT2D eigenvalue weighted by Crippen LogP contribution is 2.74. The molecule has 3 saturated carbocycles. The van der Waals surface area contributed by atoms with Crippen LogP contribution in [0.4, 0.5) is 0 Å². The fourth-order valence-electron chi connectivity index (χ4n) is 11.3. The Balaban J connectivity index is 1.50. The SMILES string of the molecule is C[C@H]1[C@H](C)CC[C@]2(COC(=O)CCC(=O)O)CC[C@]3(C)C(=CC[C@@H]4[C@@]5(C)CCCNC(C)(C)[C@@H]5CC[C@]43C)[C@H]12. The first-order chi connectivity index (χ1) is 18.2. The molecule has 0 aromatic heterocycles. The second-order valence-electron chi connectivity index (χ2n) is 15.8. The van der Waals surface area contributed by atoms with Crippen LogP contribution in [0.5, 0.6) is 0 Å². The van der Waals surface area contributed by atoms with Gasteiger partial charge in [-0.2, -0.15) is 0 Å². The molecule has 0 aromatic carbocycles. The first-order valence-electron chi connectivity index (χ1n) is 16.0. The molecule has 4 fully saturated rings. The van der Waals surface area contributed by atoms with Crippen LogP contribution in [0.2, 0.25) is 0 Å². The van der Waals surface area contributed by atoms with Crippen molar-refractivity contribution in [3.05, 3.63) is 11.6 Å². The zero-order chi connectivity index (χ0) is 28.4. The van der Waals surface area contributed by atoms with Crippen molar-refractivity contribution >= 4 is 11.9 Å². The van der Waals surface area contributed by atoms with Gasteiger partial charge < -0.3 is 15.2 Å². The summed E-state index contributed by atoms with van der Waals surface area (Å²) < 4.78 is 5.91. The van der Waals surface area contributed by atoms with E-state index in [4.69, 9.17) is 9.84 Å². The summed E-state index contributed by atoms with van der Waals surface area (Å²) in [5.74, 6) is 1.73. The molecule has 1 heterocycles. The number of carbonyl (C=O) groups is 2. The molecule has 1 saturated heterocycles. The predicted molar refractivity (Wildman–Crippen MR) is 155 cm³/mol. The molecule has 0 bridgehead atoms. The number of fused-ring (bicyclic) bond motifs is 7. The molecule has 1 aliphatic heterocycles.